The summed E-state index contributed by atoms with van der Waals surface area (Å²) in [5.74, 6) is -1.82. The van der Waals surface area contributed by atoms with Crippen LogP contribution in [0.15, 0.2) is 67.0 Å². The fourth-order valence-electron chi connectivity index (χ4n) is 5.20. The summed E-state index contributed by atoms with van der Waals surface area (Å²) in [6.07, 6.45) is 6.17. The van der Waals surface area contributed by atoms with Crippen molar-refractivity contribution in [3.8, 4) is 22.5 Å². The number of amides is 1. The Labute approximate surface area is 280 Å². The van der Waals surface area contributed by atoms with E-state index in [2.05, 4.69) is 43.0 Å². The highest BCUT2D eigenvalue weighted by Gasteiger charge is 2.27. The molecule has 0 aliphatic carbocycles. The molecule has 0 saturated carbocycles. The van der Waals surface area contributed by atoms with Gasteiger partial charge < -0.3 is 10.4 Å². The van der Waals surface area contributed by atoms with Crippen LogP contribution in [-0.4, -0.2) is 44.6 Å². The quantitative estimate of drug-likeness (QED) is 0.133. The van der Waals surface area contributed by atoms with Gasteiger partial charge in [-0.2, -0.15) is 0 Å². The van der Waals surface area contributed by atoms with Gasteiger partial charge >= 0.3 is 5.97 Å². The molecule has 0 bridgehead atoms. The standard InChI is InChI=1S/C38H43N3O5S/c1-7-8-9-31(42)27-14-15-30(23(2)18-27)29-21-39-35(40-22-29)26-12-10-25(11-13-26)19-28(36(44)41-24(3)37(45)46)20-32(43)33-16-17-34(47-33)38(4,5)6/h10-18,21-22,24,28H,7-9,19-20H2,1-6H3,(H,41,44)(H,45,46)/t24-,28-/m1/s1. The lowest BCUT2D eigenvalue weighted by Crippen LogP contribution is -2.42. The van der Waals surface area contributed by atoms with Crippen molar-refractivity contribution in [3.05, 3.63) is 93.4 Å². The van der Waals surface area contributed by atoms with Crippen LogP contribution < -0.4 is 5.32 Å². The van der Waals surface area contributed by atoms with Gasteiger partial charge in [0.15, 0.2) is 17.4 Å². The normalized spacial score (nSPS) is 12.7. The van der Waals surface area contributed by atoms with Gasteiger partial charge in [0.1, 0.15) is 6.04 Å². The number of aryl methyl sites for hydroxylation is 1. The molecule has 8 nitrogen and oxygen atoms in total. The number of thiophene rings is 1. The first-order chi connectivity index (χ1) is 22.3. The van der Waals surface area contributed by atoms with Crippen LogP contribution >= 0.6 is 11.3 Å². The third kappa shape index (κ3) is 9.29. The van der Waals surface area contributed by atoms with Gasteiger partial charge in [-0.3, -0.25) is 19.2 Å². The van der Waals surface area contributed by atoms with Crippen molar-refractivity contribution in [2.75, 3.05) is 0 Å². The first kappa shape index (κ1) is 35.4. The van der Waals surface area contributed by atoms with Crippen LogP contribution in [0, 0.1) is 12.8 Å². The summed E-state index contributed by atoms with van der Waals surface area (Å²) in [6.45, 7) is 11.7. The van der Waals surface area contributed by atoms with E-state index in [4.69, 9.17) is 0 Å². The second-order valence-electron chi connectivity index (χ2n) is 13.1. The molecule has 47 heavy (non-hydrogen) atoms. The molecular weight excluding hydrogens is 611 g/mol. The highest BCUT2D eigenvalue weighted by Crippen LogP contribution is 2.31. The summed E-state index contributed by atoms with van der Waals surface area (Å²) in [5.41, 5.74) is 5.04. The fraction of sp³-hybridized carbons (Fsp3) is 0.368. The Morgan fingerprint density at radius 2 is 1.60 bits per heavy atom. The molecule has 2 aromatic heterocycles. The maximum Gasteiger partial charge on any atom is 0.325 e. The number of nitrogens with one attached hydrogen (secondary N) is 1. The van der Waals surface area contributed by atoms with Crippen molar-refractivity contribution in [1.82, 2.24) is 15.3 Å². The highest BCUT2D eigenvalue weighted by atomic mass is 32.1. The largest absolute Gasteiger partial charge is 0.480 e. The van der Waals surface area contributed by atoms with Crippen molar-refractivity contribution in [1.29, 1.82) is 0 Å². The number of carboxylic acids is 1. The monoisotopic (exact) mass is 653 g/mol. The number of carbonyl (C=O) groups is 4. The molecular formula is C38H43N3O5S. The van der Waals surface area contributed by atoms with E-state index >= 15 is 0 Å². The van der Waals surface area contributed by atoms with Crippen molar-refractivity contribution in [2.24, 2.45) is 5.92 Å². The van der Waals surface area contributed by atoms with E-state index in [-0.39, 0.29) is 29.8 Å². The first-order valence-corrected chi connectivity index (χ1v) is 16.8. The number of benzene rings is 2. The van der Waals surface area contributed by atoms with Crippen molar-refractivity contribution in [3.63, 3.8) is 0 Å². The van der Waals surface area contributed by atoms with Gasteiger partial charge in [0.05, 0.1) is 4.88 Å². The van der Waals surface area contributed by atoms with Crippen LogP contribution in [0.4, 0.5) is 0 Å². The minimum atomic E-state index is -1.14. The molecule has 9 heteroatoms. The molecule has 2 N–H and O–H groups in total. The van der Waals surface area contributed by atoms with Crippen LogP contribution in [0.25, 0.3) is 22.5 Å². The van der Waals surface area contributed by atoms with E-state index in [1.807, 2.05) is 55.5 Å². The van der Waals surface area contributed by atoms with Gasteiger partial charge in [-0.25, -0.2) is 9.97 Å². The minimum Gasteiger partial charge on any atom is -0.480 e. The van der Waals surface area contributed by atoms with E-state index in [0.29, 0.717) is 17.1 Å². The molecule has 246 valence electrons. The zero-order chi connectivity index (χ0) is 34.3. The Kier molecular flexibility index (Phi) is 11.6. The molecule has 2 atom stereocenters. The maximum atomic E-state index is 13.3. The van der Waals surface area contributed by atoms with Gasteiger partial charge in [-0.1, -0.05) is 70.5 Å². The van der Waals surface area contributed by atoms with Gasteiger partial charge in [-0.05, 0) is 67.0 Å². The number of carboxylic acid groups (broad SMARTS) is 1. The predicted molar refractivity (Wildman–Crippen MR) is 186 cm³/mol. The second-order valence-corrected chi connectivity index (χ2v) is 14.1. The van der Waals surface area contributed by atoms with Crippen LogP contribution in [0.5, 0.6) is 0 Å². The molecule has 2 aromatic carbocycles. The summed E-state index contributed by atoms with van der Waals surface area (Å²) in [5, 5.41) is 11.9. The zero-order valence-electron chi connectivity index (χ0n) is 27.9. The van der Waals surface area contributed by atoms with E-state index < -0.39 is 23.8 Å². The summed E-state index contributed by atoms with van der Waals surface area (Å²) in [4.78, 5) is 61.1. The summed E-state index contributed by atoms with van der Waals surface area (Å²) >= 11 is 1.43. The molecule has 4 aromatic rings. The predicted octanol–water partition coefficient (Wildman–Crippen LogP) is 7.87. The summed E-state index contributed by atoms with van der Waals surface area (Å²) in [6, 6.07) is 15.9. The molecule has 1 amide bonds. The van der Waals surface area contributed by atoms with E-state index in [1.54, 1.807) is 18.5 Å². The van der Waals surface area contributed by atoms with Crippen LogP contribution in [0.2, 0.25) is 0 Å². The number of hydrogen-bond acceptors (Lipinski definition) is 7. The Bertz CT molecular complexity index is 1740. The van der Waals surface area contributed by atoms with Crippen molar-refractivity contribution >= 4 is 34.8 Å². The number of hydrogen-bond donors (Lipinski definition) is 2. The molecule has 0 spiro atoms. The van der Waals surface area contributed by atoms with E-state index in [9.17, 15) is 24.3 Å². The molecule has 0 unspecified atom stereocenters. The van der Waals surface area contributed by atoms with Crippen LogP contribution in [0.3, 0.4) is 0 Å². The van der Waals surface area contributed by atoms with Crippen LogP contribution in [-0.2, 0) is 21.4 Å². The fourth-order valence-corrected chi connectivity index (χ4v) is 6.21. The van der Waals surface area contributed by atoms with Gasteiger partial charge in [0.25, 0.3) is 0 Å². The lowest BCUT2D eigenvalue weighted by atomic mass is 9.92. The third-order valence-electron chi connectivity index (χ3n) is 8.11. The van der Waals surface area contributed by atoms with Gasteiger partial charge in [0.2, 0.25) is 5.91 Å². The number of aliphatic carboxylic acids is 1. The molecule has 0 fully saturated rings. The second kappa shape index (κ2) is 15.4. The summed E-state index contributed by atoms with van der Waals surface area (Å²) < 4.78 is 0. The van der Waals surface area contributed by atoms with E-state index in [0.717, 1.165) is 51.1 Å². The molecule has 0 radical (unpaired) electrons. The maximum absolute atomic E-state index is 13.3. The number of aromatic nitrogens is 2. The Morgan fingerprint density at radius 3 is 2.17 bits per heavy atom. The number of ketones is 2. The van der Waals surface area contributed by atoms with Crippen LogP contribution in [0.1, 0.15) is 96.3 Å². The lowest BCUT2D eigenvalue weighted by Gasteiger charge is -2.18. The highest BCUT2D eigenvalue weighted by molar-refractivity contribution is 7.14. The molecule has 2 heterocycles. The minimum absolute atomic E-state index is 0.0398. The average Bonchev–Trinajstić information content (AvgIpc) is 3.55. The smallest absolute Gasteiger partial charge is 0.325 e. The van der Waals surface area contributed by atoms with E-state index in [1.165, 1.54) is 18.3 Å². The molecule has 0 aliphatic rings. The Morgan fingerprint density at radius 1 is 0.915 bits per heavy atom. The number of carbonyl (C=O) groups excluding carboxylic acids is 3. The Balaban J connectivity index is 1.48. The molecule has 0 aliphatic heterocycles. The lowest BCUT2D eigenvalue weighted by molar-refractivity contribution is -0.141. The number of Topliss-reactive ketones (excluding diaryl/α,β-unsaturated/α-hetero) is 2. The van der Waals surface area contributed by atoms with Crippen molar-refractivity contribution < 1.29 is 24.3 Å². The zero-order valence-corrected chi connectivity index (χ0v) is 28.7. The first-order valence-electron chi connectivity index (χ1n) is 16.0. The number of nitrogens with zero attached hydrogens (tertiary/aromatic N) is 2. The van der Waals surface area contributed by atoms with Gasteiger partial charge in [0, 0.05) is 52.7 Å². The number of unbranched alkanes of at least 4 members (excludes halogenated alkanes) is 1. The molecule has 0 saturated heterocycles. The molecule has 4 rings (SSSR count). The van der Waals surface area contributed by atoms with Crippen molar-refractivity contribution in [2.45, 2.75) is 85.1 Å². The SMILES string of the molecule is CCCCC(=O)c1ccc(-c2cnc(-c3ccc(C[C@H](CC(=O)c4ccc(C(C)(C)C)s4)C(=O)N[C@H](C)C(=O)O)cc3)nc2)c(C)c1. The topological polar surface area (TPSA) is 126 Å². The number of rotatable bonds is 14. The average molecular weight is 654 g/mol. The summed E-state index contributed by atoms with van der Waals surface area (Å²) in [7, 11) is 0. The Hall–Kier alpha value is -4.50. The third-order valence-corrected chi connectivity index (χ3v) is 9.67. The van der Waals surface area contributed by atoms with Gasteiger partial charge in [-0.15, -0.1) is 11.3 Å².